The van der Waals surface area contributed by atoms with Gasteiger partial charge in [0.1, 0.15) is 12.4 Å². The molecule has 2 bridgehead atoms. The Hall–Kier alpha value is -1.43. The number of hydrogen-bond acceptors (Lipinski definition) is 4. The van der Waals surface area contributed by atoms with Gasteiger partial charge in [0, 0.05) is 32.5 Å². The molecule has 1 aliphatic carbocycles. The molecule has 1 saturated heterocycles. The third-order valence-corrected chi connectivity index (χ3v) is 5.83. The van der Waals surface area contributed by atoms with Crippen LogP contribution in [0.3, 0.4) is 0 Å². The molecule has 0 radical (unpaired) electrons. The maximum absolute atomic E-state index is 12.9. The molecule has 6 heteroatoms. The normalized spacial score (nSPS) is 27.3. The van der Waals surface area contributed by atoms with Crippen LogP contribution in [0.15, 0.2) is 0 Å². The average molecular weight is 318 g/mol. The second-order valence-electron chi connectivity index (χ2n) is 7.32. The van der Waals surface area contributed by atoms with Gasteiger partial charge in [-0.2, -0.15) is 0 Å². The van der Waals surface area contributed by atoms with Crippen LogP contribution in [0.1, 0.15) is 56.6 Å². The van der Waals surface area contributed by atoms with E-state index in [2.05, 4.69) is 19.7 Å². The largest absolute Gasteiger partial charge is 0.377 e. The highest BCUT2D eigenvalue weighted by atomic mass is 16.5. The predicted molar refractivity (Wildman–Crippen MR) is 84.7 cm³/mol. The number of nitrogens with zero attached hydrogens (tertiary/aromatic N) is 4. The van der Waals surface area contributed by atoms with Gasteiger partial charge in [0.05, 0.1) is 6.04 Å². The number of fused-ring (bicyclic) bond motifs is 3. The van der Waals surface area contributed by atoms with Gasteiger partial charge in [-0.15, -0.1) is 10.2 Å². The highest BCUT2D eigenvalue weighted by Gasteiger charge is 2.41. The van der Waals surface area contributed by atoms with Crippen molar-refractivity contribution >= 4 is 5.91 Å². The zero-order valence-corrected chi connectivity index (χ0v) is 13.9. The molecule has 0 unspecified atom stereocenters. The maximum atomic E-state index is 12.9. The lowest BCUT2D eigenvalue weighted by Crippen LogP contribution is -2.42. The van der Waals surface area contributed by atoms with E-state index in [0.717, 1.165) is 43.9 Å². The summed E-state index contributed by atoms with van der Waals surface area (Å²) < 4.78 is 7.42. The average Bonchev–Trinajstić information content (AvgIpc) is 3.21. The molecule has 0 N–H and O–H groups in total. The second-order valence-corrected chi connectivity index (χ2v) is 7.32. The van der Waals surface area contributed by atoms with Crippen molar-refractivity contribution in [3.8, 4) is 0 Å². The van der Waals surface area contributed by atoms with Crippen LogP contribution in [-0.4, -0.2) is 44.8 Å². The van der Waals surface area contributed by atoms with Crippen molar-refractivity contribution in [1.29, 1.82) is 0 Å². The van der Waals surface area contributed by atoms with E-state index < -0.39 is 0 Å². The molecule has 2 fully saturated rings. The quantitative estimate of drug-likeness (QED) is 0.851. The smallest absolute Gasteiger partial charge is 0.223 e. The van der Waals surface area contributed by atoms with Crippen LogP contribution in [0.2, 0.25) is 0 Å². The third-order valence-electron chi connectivity index (χ3n) is 5.83. The maximum Gasteiger partial charge on any atom is 0.223 e. The number of aromatic nitrogens is 3. The first-order valence-electron chi connectivity index (χ1n) is 8.97. The molecule has 1 aromatic heterocycles. The number of carbonyl (C=O) groups is 1. The van der Waals surface area contributed by atoms with E-state index in [0.29, 0.717) is 30.5 Å². The molecule has 1 amide bonds. The lowest BCUT2D eigenvalue weighted by Gasteiger charge is -2.29. The predicted octanol–water partition coefficient (Wildman–Crippen LogP) is 1.92. The summed E-state index contributed by atoms with van der Waals surface area (Å²) in [4.78, 5) is 15.1. The van der Waals surface area contributed by atoms with Crippen molar-refractivity contribution in [2.75, 3.05) is 7.11 Å². The number of amides is 1. The number of ether oxygens (including phenoxy) is 1. The summed E-state index contributed by atoms with van der Waals surface area (Å²) in [5.41, 5.74) is 0. The minimum Gasteiger partial charge on any atom is -0.377 e. The first-order valence-corrected chi connectivity index (χ1v) is 8.97. The van der Waals surface area contributed by atoms with Crippen LogP contribution in [0.25, 0.3) is 0 Å². The van der Waals surface area contributed by atoms with Crippen molar-refractivity contribution in [3.05, 3.63) is 11.6 Å². The number of carbonyl (C=O) groups excluding carboxylic acids is 1. The van der Waals surface area contributed by atoms with E-state index in [4.69, 9.17) is 4.74 Å². The summed E-state index contributed by atoms with van der Waals surface area (Å²) in [6, 6.07) is 0.622. The molecule has 0 aromatic carbocycles. The van der Waals surface area contributed by atoms with Crippen molar-refractivity contribution in [3.63, 3.8) is 0 Å². The van der Waals surface area contributed by atoms with Crippen LogP contribution in [0.5, 0.6) is 0 Å². The zero-order chi connectivity index (χ0) is 15.8. The van der Waals surface area contributed by atoms with Crippen molar-refractivity contribution in [1.82, 2.24) is 19.7 Å². The van der Waals surface area contributed by atoms with Gasteiger partial charge in [-0.1, -0.05) is 12.8 Å². The zero-order valence-electron chi connectivity index (χ0n) is 13.9. The Kier molecular flexibility index (Phi) is 4.09. The molecule has 0 spiro atoms. The van der Waals surface area contributed by atoms with Gasteiger partial charge in [0.2, 0.25) is 5.91 Å². The van der Waals surface area contributed by atoms with Gasteiger partial charge in [-0.25, -0.2) is 0 Å². The fraction of sp³-hybridized carbons (Fsp3) is 0.824. The van der Waals surface area contributed by atoms with E-state index in [1.54, 1.807) is 7.11 Å². The molecule has 23 heavy (non-hydrogen) atoms. The fourth-order valence-corrected chi connectivity index (χ4v) is 4.71. The van der Waals surface area contributed by atoms with Gasteiger partial charge >= 0.3 is 0 Å². The van der Waals surface area contributed by atoms with E-state index in [1.807, 2.05) is 0 Å². The Morgan fingerprint density at radius 2 is 1.96 bits per heavy atom. The van der Waals surface area contributed by atoms with Gasteiger partial charge in [0.15, 0.2) is 5.82 Å². The topological polar surface area (TPSA) is 60.3 Å². The summed E-state index contributed by atoms with van der Waals surface area (Å²) in [5.74, 6) is 2.89. The van der Waals surface area contributed by atoms with Crippen LogP contribution in [-0.2, 0) is 29.1 Å². The lowest BCUT2D eigenvalue weighted by atomic mass is 10.0. The molecule has 6 nitrogen and oxygen atoms in total. The number of methoxy groups -OCH3 is 1. The van der Waals surface area contributed by atoms with Gasteiger partial charge in [0.25, 0.3) is 0 Å². The van der Waals surface area contributed by atoms with Gasteiger partial charge in [-0.05, 0) is 31.6 Å². The third kappa shape index (κ3) is 2.77. The Morgan fingerprint density at radius 1 is 1.17 bits per heavy atom. The summed E-state index contributed by atoms with van der Waals surface area (Å²) in [7, 11) is 1.68. The van der Waals surface area contributed by atoms with Crippen LogP contribution in [0, 0.1) is 5.92 Å². The molecule has 3 aliphatic rings. The molecule has 2 atom stereocenters. The summed E-state index contributed by atoms with van der Waals surface area (Å²) >= 11 is 0. The Bertz CT molecular complexity index is 579. The minimum absolute atomic E-state index is 0.307. The summed E-state index contributed by atoms with van der Waals surface area (Å²) in [5, 5.41) is 8.61. The number of rotatable bonds is 4. The van der Waals surface area contributed by atoms with Crippen molar-refractivity contribution in [2.45, 2.75) is 76.6 Å². The van der Waals surface area contributed by atoms with E-state index in [9.17, 15) is 4.79 Å². The van der Waals surface area contributed by atoms with Crippen LogP contribution in [0.4, 0.5) is 0 Å². The summed E-state index contributed by atoms with van der Waals surface area (Å²) in [6.45, 7) is 1.31. The van der Waals surface area contributed by atoms with Crippen molar-refractivity contribution in [2.24, 2.45) is 5.92 Å². The van der Waals surface area contributed by atoms with Gasteiger partial charge in [-0.3, -0.25) is 4.79 Å². The lowest BCUT2D eigenvalue weighted by molar-refractivity contribution is -0.135. The molecule has 2 aliphatic heterocycles. The SMILES string of the molecule is COCc1nnc2n1C[C@H]1CC[C@@H](C2)N1C(=O)CC1CCCC1. The summed E-state index contributed by atoms with van der Waals surface area (Å²) in [6.07, 6.45) is 8.86. The monoisotopic (exact) mass is 318 g/mol. The molecule has 4 rings (SSSR count). The first kappa shape index (κ1) is 15.1. The highest BCUT2D eigenvalue weighted by molar-refractivity contribution is 5.77. The van der Waals surface area contributed by atoms with E-state index in [-0.39, 0.29) is 0 Å². The van der Waals surface area contributed by atoms with Crippen LogP contribution < -0.4 is 0 Å². The molecule has 3 heterocycles. The standard InChI is InChI=1S/C17H26N4O2/c1-23-11-16-19-18-15-9-13-6-7-14(10-20(15)16)21(13)17(22)8-12-4-2-3-5-12/h12-14H,2-11H2,1H3/t13-,14+/m0/s1. The van der Waals surface area contributed by atoms with Crippen LogP contribution >= 0.6 is 0 Å². The van der Waals surface area contributed by atoms with E-state index >= 15 is 0 Å². The molecular formula is C17H26N4O2. The Balaban J connectivity index is 1.52. The first-order chi connectivity index (χ1) is 11.3. The minimum atomic E-state index is 0.307. The Morgan fingerprint density at radius 3 is 2.74 bits per heavy atom. The molecular weight excluding hydrogens is 292 g/mol. The Labute approximate surface area is 137 Å². The van der Waals surface area contributed by atoms with Crippen molar-refractivity contribution < 1.29 is 9.53 Å². The molecule has 1 aromatic rings. The van der Waals surface area contributed by atoms with E-state index in [1.165, 1.54) is 25.7 Å². The second kappa shape index (κ2) is 6.23. The highest BCUT2D eigenvalue weighted by Crippen LogP contribution is 2.34. The van der Waals surface area contributed by atoms with Gasteiger partial charge < -0.3 is 14.2 Å². The fourth-order valence-electron chi connectivity index (χ4n) is 4.71. The molecule has 1 saturated carbocycles. The number of hydrogen-bond donors (Lipinski definition) is 0. The molecule has 126 valence electrons.